The second-order valence-electron chi connectivity index (χ2n) is 6.91. The van der Waals surface area contributed by atoms with Crippen LogP contribution in [0.5, 0.6) is 0 Å². The van der Waals surface area contributed by atoms with Gasteiger partial charge in [-0.05, 0) is 49.9 Å². The molecule has 4 rings (SSSR count). The highest BCUT2D eigenvalue weighted by Crippen LogP contribution is 2.22. The van der Waals surface area contributed by atoms with Crippen LogP contribution in [-0.4, -0.2) is 44.5 Å². The summed E-state index contributed by atoms with van der Waals surface area (Å²) in [7, 11) is 0. The van der Waals surface area contributed by atoms with Crippen molar-refractivity contribution in [2.24, 2.45) is 0 Å². The summed E-state index contributed by atoms with van der Waals surface area (Å²) in [6.45, 7) is 4.06. The number of hydrogen-bond donors (Lipinski definition) is 1. The Morgan fingerprint density at radius 3 is 2.90 bits per heavy atom. The summed E-state index contributed by atoms with van der Waals surface area (Å²) in [5.74, 6) is 0.342. The van der Waals surface area contributed by atoms with E-state index in [-0.39, 0.29) is 5.91 Å². The third-order valence-electron chi connectivity index (χ3n) is 4.93. The molecule has 0 radical (unpaired) electrons. The van der Waals surface area contributed by atoms with Crippen LogP contribution in [0.1, 0.15) is 23.7 Å². The zero-order valence-corrected chi connectivity index (χ0v) is 18.4. The zero-order valence-electron chi connectivity index (χ0n) is 17.6. The van der Waals surface area contributed by atoms with Crippen molar-refractivity contribution in [2.45, 2.75) is 25.0 Å². The van der Waals surface area contributed by atoms with Gasteiger partial charge in [0, 0.05) is 43.4 Å². The Bertz CT molecular complexity index is 1180. The molecule has 160 valence electrons. The van der Waals surface area contributed by atoms with Crippen molar-refractivity contribution in [3.05, 3.63) is 66.5 Å². The van der Waals surface area contributed by atoms with E-state index in [9.17, 15) is 4.79 Å². The number of rotatable bonds is 9. The molecular weight excluding hydrogens is 410 g/mol. The van der Waals surface area contributed by atoms with E-state index < -0.39 is 0 Å². The number of aryl methyl sites for hydroxylation is 1. The number of benzene rings is 2. The van der Waals surface area contributed by atoms with Crippen LogP contribution in [0.4, 0.5) is 5.95 Å². The number of ether oxygens (including phenoxy) is 1. The molecule has 8 heteroatoms. The molecule has 4 aromatic rings. The number of imidazole rings is 2. The van der Waals surface area contributed by atoms with Gasteiger partial charge in [0.25, 0.3) is 5.91 Å². The van der Waals surface area contributed by atoms with E-state index in [1.807, 2.05) is 71.0 Å². The number of nitrogens with one attached hydrogen (secondary N) is 1. The number of amides is 1. The smallest absolute Gasteiger partial charge is 0.258 e. The van der Waals surface area contributed by atoms with Crippen molar-refractivity contribution < 1.29 is 9.53 Å². The third kappa shape index (κ3) is 4.65. The number of carbonyl (C=O) groups is 1. The van der Waals surface area contributed by atoms with Crippen LogP contribution in [0.15, 0.2) is 66.1 Å². The van der Waals surface area contributed by atoms with E-state index in [2.05, 4.69) is 15.3 Å². The number of para-hydroxylation sites is 2. The summed E-state index contributed by atoms with van der Waals surface area (Å²) >= 11 is 1.56. The summed E-state index contributed by atoms with van der Waals surface area (Å²) in [5, 5.41) is 3.87. The largest absolute Gasteiger partial charge is 0.382 e. The van der Waals surface area contributed by atoms with Crippen molar-refractivity contribution in [2.75, 3.05) is 24.8 Å². The van der Waals surface area contributed by atoms with Crippen LogP contribution in [0.3, 0.4) is 0 Å². The van der Waals surface area contributed by atoms with Crippen LogP contribution in [0, 0.1) is 0 Å². The van der Waals surface area contributed by atoms with Crippen molar-refractivity contribution in [3.63, 3.8) is 0 Å². The molecule has 2 heterocycles. The second-order valence-corrected chi connectivity index (χ2v) is 7.69. The van der Waals surface area contributed by atoms with Gasteiger partial charge in [-0.1, -0.05) is 30.0 Å². The molecule has 0 aliphatic carbocycles. The summed E-state index contributed by atoms with van der Waals surface area (Å²) in [5.41, 5.74) is 3.29. The van der Waals surface area contributed by atoms with E-state index in [0.29, 0.717) is 31.3 Å². The fraction of sp³-hybridized carbons (Fsp3) is 0.261. The molecule has 7 nitrogen and oxygen atoms in total. The van der Waals surface area contributed by atoms with Gasteiger partial charge in [0.15, 0.2) is 5.16 Å². The van der Waals surface area contributed by atoms with Gasteiger partial charge in [-0.15, -0.1) is 0 Å². The summed E-state index contributed by atoms with van der Waals surface area (Å²) < 4.78 is 9.47. The van der Waals surface area contributed by atoms with Crippen LogP contribution in [0.2, 0.25) is 0 Å². The maximum Gasteiger partial charge on any atom is 0.258 e. The van der Waals surface area contributed by atoms with Gasteiger partial charge in [-0.3, -0.25) is 14.7 Å². The minimum atomic E-state index is -0.200. The molecule has 0 fully saturated rings. The van der Waals surface area contributed by atoms with Crippen molar-refractivity contribution >= 4 is 34.7 Å². The van der Waals surface area contributed by atoms with Crippen LogP contribution in [0.25, 0.3) is 16.7 Å². The molecular formula is C23H25N5O2S. The molecule has 31 heavy (non-hydrogen) atoms. The molecule has 2 aromatic heterocycles. The highest BCUT2D eigenvalue weighted by Gasteiger charge is 2.15. The number of thioether (sulfide) groups is 1. The Kier molecular flexibility index (Phi) is 6.69. The van der Waals surface area contributed by atoms with Crippen LogP contribution in [-0.2, 0) is 11.3 Å². The van der Waals surface area contributed by atoms with E-state index in [0.717, 1.165) is 28.3 Å². The third-order valence-corrected chi connectivity index (χ3v) is 5.60. The first-order valence-corrected chi connectivity index (χ1v) is 11.5. The first-order chi connectivity index (χ1) is 15.2. The first kappa shape index (κ1) is 21.1. The van der Waals surface area contributed by atoms with Gasteiger partial charge in [-0.25, -0.2) is 9.97 Å². The summed E-state index contributed by atoms with van der Waals surface area (Å²) in [6.07, 6.45) is 6.46. The van der Waals surface area contributed by atoms with Gasteiger partial charge in [0.05, 0.1) is 11.0 Å². The highest BCUT2D eigenvalue weighted by atomic mass is 32.2. The lowest BCUT2D eigenvalue weighted by atomic mass is 10.2. The number of aromatic nitrogens is 4. The van der Waals surface area contributed by atoms with Gasteiger partial charge in [0.1, 0.15) is 0 Å². The maximum absolute atomic E-state index is 13.1. The topological polar surface area (TPSA) is 74.0 Å². The van der Waals surface area contributed by atoms with E-state index >= 15 is 0 Å². The van der Waals surface area contributed by atoms with Crippen LogP contribution < -0.4 is 5.32 Å². The number of nitrogens with zero attached hydrogens (tertiary/aromatic N) is 4. The lowest BCUT2D eigenvalue weighted by Crippen LogP contribution is -2.17. The molecule has 0 aliphatic rings. The van der Waals surface area contributed by atoms with E-state index in [1.165, 1.54) is 0 Å². The number of fused-ring (bicyclic) bond motifs is 1. The van der Waals surface area contributed by atoms with Gasteiger partial charge >= 0.3 is 0 Å². The van der Waals surface area contributed by atoms with Gasteiger partial charge in [0.2, 0.25) is 5.95 Å². The molecule has 0 unspecified atom stereocenters. The van der Waals surface area contributed by atoms with Crippen molar-refractivity contribution in [1.29, 1.82) is 0 Å². The average molecular weight is 436 g/mol. The standard InChI is InChI=1S/C23H25N5O2S/c1-3-30-15-7-13-28-20-11-5-4-10-19(20)25-22(28)26-21(29)17-8-6-9-18(16-17)27-14-12-24-23(27)31-2/h4-6,8-12,14,16H,3,7,13,15H2,1-2H3,(H,25,26,29). The Hall–Kier alpha value is -3.10. The molecule has 0 saturated heterocycles. The Morgan fingerprint density at radius 2 is 2.06 bits per heavy atom. The SMILES string of the molecule is CCOCCCn1c(NC(=O)c2cccc(-n3ccnc3SC)c2)nc2ccccc21. The summed E-state index contributed by atoms with van der Waals surface area (Å²) in [6, 6.07) is 15.4. The predicted molar refractivity (Wildman–Crippen MR) is 124 cm³/mol. The van der Waals surface area contributed by atoms with E-state index in [4.69, 9.17) is 4.74 Å². The summed E-state index contributed by atoms with van der Waals surface area (Å²) in [4.78, 5) is 22.1. The van der Waals surface area contributed by atoms with Crippen molar-refractivity contribution in [3.8, 4) is 5.69 Å². The molecule has 1 amide bonds. The monoisotopic (exact) mass is 435 g/mol. The predicted octanol–water partition coefficient (Wildman–Crippen LogP) is 4.62. The Labute approximate surface area is 185 Å². The van der Waals surface area contributed by atoms with Gasteiger partial charge < -0.3 is 9.30 Å². The zero-order chi connectivity index (χ0) is 21.6. The minimum Gasteiger partial charge on any atom is -0.382 e. The average Bonchev–Trinajstić information content (AvgIpc) is 3.41. The molecule has 1 N–H and O–H groups in total. The number of anilines is 1. The number of carbonyl (C=O) groups excluding carboxylic acids is 1. The Balaban J connectivity index is 1.59. The lowest BCUT2D eigenvalue weighted by Gasteiger charge is -2.11. The van der Waals surface area contributed by atoms with Crippen molar-refractivity contribution in [1.82, 2.24) is 19.1 Å². The minimum absolute atomic E-state index is 0.200. The fourth-order valence-electron chi connectivity index (χ4n) is 3.47. The molecule has 2 aromatic carbocycles. The van der Waals surface area contributed by atoms with Crippen LogP contribution >= 0.6 is 11.8 Å². The second kappa shape index (κ2) is 9.80. The molecule has 0 bridgehead atoms. The quantitative estimate of drug-likeness (QED) is 0.307. The molecule has 0 atom stereocenters. The maximum atomic E-state index is 13.1. The molecule has 0 saturated carbocycles. The number of hydrogen-bond acceptors (Lipinski definition) is 5. The molecule has 0 spiro atoms. The lowest BCUT2D eigenvalue weighted by molar-refractivity contribution is 0.102. The highest BCUT2D eigenvalue weighted by molar-refractivity contribution is 7.98. The Morgan fingerprint density at radius 1 is 1.19 bits per heavy atom. The fourth-order valence-corrected chi connectivity index (χ4v) is 4.00. The first-order valence-electron chi connectivity index (χ1n) is 10.2. The normalized spacial score (nSPS) is 11.2. The van der Waals surface area contributed by atoms with E-state index in [1.54, 1.807) is 24.0 Å². The molecule has 0 aliphatic heterocycles. The van der Waals surface area contributed by atoms with Gasteiger partial charge in [-0.2, -0.15) is 0 Å².